The molecule has 15 heavy (non-hydrogen) atoms. The first kappa shape index (κ1) is 11.8. The number of rotatable bonds is 4. The number of thiocarbonyl (C=S) groups is 1. The zero-order valence-corrected chi connectivity index (χ0v) is 9.76. The lowest BCUT2D eigenvalue weighted by Gasteiger charge is -2.08. The van der Waals surface area contributed by atoms with Crippen molar-refractivity contribution in [3.63, 3.8) is 0 Å². The van der Waals surface area contributed by atoms with E-state index in [-0.39, 0.29) is 0 Å². The van der Waals surface area contributed by atoms with Gasteiger partial charge in [0.2, 0.25) is 0 Å². The minimum atomic E-state index is 0.438. The Labute approximate surface area is 95.4 Å². The van der Waals surface area contributed by atoms with Crippen LogP contribution in [0.3, 0.4) is 0 Å². The molecular weight excluding hydrogens is 210 g/mol. The molecule has 0 saturated carbocycles. The van der Waals surface area contributed by atoms with Crippen LogP contribution in [0.15, 0.2) is 24.3 Å². The molecule has 0 fully saturated rings. The highest BCUT2D eigenvalue weighted by atomic mass is 32.1. The lowest BCUT2D eigenvalue weighted by molar-refractivity contribution is 0.320. The van der Waals surface area contributed by atoms with Crippen LogP contribution in [-0.2, 0) is 11.3 Å². The maximum absolute atomic E-state index is 5.10. The fourth-order valence-corrected chi connectivity index (χ4v) is 1.29. The maximum Gasteiger partial charge on any atom is 0.256 e. The van der Waals surface area contributed by atoms with Crippen LogP contribution in [0.5, 0.6) is 5.75 Å². The van der Waals surface area contributed by atoms with E-state index in [0.717, 1.165) is 11.3 Å². The van der Waals surface area contributed by atoms with Crippen LogP contribution in [0.25, 0.3) is 0 Å². The van der Waals surface area contributed by atoms with Crippen molar-refractivity contribution in [2.45, 2.75) is 13.5 Å². The zero-order valence-electron chi connectivity index (χ0n) is 8.95. The Morgan fingerprint density at radius 1 is 1.33 bits per heavy atom. The van der Waals surface area contributed by atoms with Crippen molar-refractivity contribution in [1.82, 2.24) is 5.32 Å². The van der Waals surface area contributed by atoms with E-state index >= 15 is 0 Å². The van der Waals surface area contributed by atoms with Gasteiger partial charge in [0, 0.05) is 6.54 Å². The third-order valence-electron chi connectivity index (χ3n) is 1.87. The fraction of sp³-hybridized carbons (Fsp3) is 0.364. The molecule has 4 heteroatoms. The Morgan fingerprint density at radius 3 is 2.53 bits per heavy atom. The maximum atomic E-state index is 5.10. The summed E-state index contributed by atoms with van der Waals surface area (Å²) >= 11 is 4.94. The van der Waals surface area contributed by atoms with Gasteiger partial charge in [0.25, 0.3) is 5.17 Å². The largest absolute Gasteiger partial charge is 0.497 e. The Kier molecular flexibility index (Phi) is 4.90. The monoisotopic (exact) mass is 225 g/mol. The quantitative estimate of drug-likeness (QED) is 0.795. The van der Waals surface area contributed by atoms with Gasteiger partial charge in [0.1, 0.15) is 5.75 Å². The van der Waals surface area contributed by atoms with Crippen molar-refractivity contribution in [2.24, 2.45) is 0 Å². The molecule has 82 valence electrons. The third-order valence-corrected chi connectivity index (χ3v) is 2.13. The molecule has 0 aliphatic rings. The second kappa shape index (κ2) is 6.24. The molecule has 0 unspecified atom stereocenters. The Morgan fingerprint density at radius 2 is 2.00 bits per heavy atom. The summed E-state index contributed by atoms with van der Waals surface area (Å²) < 4.78 is 10.2. The molecule has 1 aromatic carbocycles. The number of methoxy groups -OCH3 is 1. The van der Waals surface area contributed by atoms with Gasteiger partial charge in [-0.2, -0.15) is 0 Å². The first-order valence-corrected chi connectivity index (χ1v) is 5.20. The summed E-state index contributed by atoms with van der Waals surface area (Å²) in [5.74, 6) is 0.853. The van der Waals surface area contributed by atoms with E-state index in [0.29, 0.717) is 18.3 Å². The second-order valence-corrected chi connectivity index (χ2v) is 3.29. The predicted octanol–water partition coefficient (Wildman–Crippen LogP) is 2.11. The summed E-state index contributed by atoms with van der Waals surface area (Å²) in [7, 11) is 1.65. The molecule has 0 bridgehead atoms. The molecule has 0 radical (unpaired) electrons. The third kappa shape index (κ3) is 4.16. The average molecular weight is 225 g/mol. The predicted molar refractivity (Wildman–Crippen MR) is 64.1 cm³/mol. The molecular formula is C11H15NO2S. The van der Waals surface area contributed by atoms with Crippen LogP contribution in [0.1, 0.15) is 12.5 Å². The molecule has 0 atom stereocenters. The molecule has 1 aromatic rings. The molecule has 0 heterocycles. The molecule has 0 aromatic heterocycles. The molecule has 0 aliphatic carbocycles. The van der Waals surface area contributed by atoms with E-state index in [4.69, 9.17) is 21.7 Å². The lowest BCUT2D eigenvalue weighted by atomic mass is 10.2. The minimum absolute atomic E-state index is 0.438. The smallest absolute Gasteiger partial charge is 0.256 e. The molecule has 3 nitrogen and oxygen atoms in total. The van der Waals surface area contributed by atoms with E-state index in [1.807, 2.05) is 31.2 Å². The van der Waals surface area contributed by atoms with E-state index in [9.17, 15) is 0 Å². The highest BCUT2D eigenvalue weighted by Crippen LogP contribution is 2.10. The Balaban J connectivity index is 2.40. The molecule has 1 N–H and O–H groups in total. The minimum Gasteiger partial charge on any atom is -0.497 e. The number of benzene rings is 1. The van der Waals surface area contributed by atoms with E-state index < -0.39 is 0 Å². The highest BCUT2D eigenvalue weighted by Gasteiger charge is 1.97. The number of hydrogen-bond acceptors (Lipinski definition) is 3. The van der Waals surface area contributed by atoms with Crippen LogP contribution in [0.2, 0.25) is 0 Å². The SMILES string of the molecule is CCOC(=S)NCc1ccc(OC)cc1. The van der Waals surface area contributed by atoms with Crippen molar-refractivity contribution in [3.05, 3.63) is 29.8 Å². The average Bonchev–Trinajstić information content (AvgIpc) is 2.27. The van der Waals surface area contributed by atoms with Crippen LogP contribution < -0.4 is 10.1 Å². The van der Waals surface area contributed by atoms with Crippen molar-refractivity contribution in [1.29, 1.82) is 0 Å². The van der Waals surface area contributed by atoms with Gasteiger partial charge in [-0.05, 0) is 36.8 Å². The first-order chi connectivity index (χ1) is 7.26. The Bertz CT molecular complexity index is 311. The van der Waals surface area contributed by atoms with Crippen molar-refractivity contribution < 1.29 is 9.47 Å². The number of nitrogens with one attached hydrogen (secondary N) is 1. The second-order valence-electron chi connectivity index (χ2n) is 2.92. The normalized spacial score (nSPS) is 9.47. The zero-order chi connectivity index (χ0) is 11.1. The number of hydrogen-bond donors (Lipinski definition) is 1. The summed E-state index contributed by atoms with van der Waals surface area (Å²) in [6.45, 7) is 3.17. The summed E-state index contributed by atoms with van der Waals surface area (Å²) in [6.07, 6.45) is 0. The fourth-order valence-electron chi connectivity index (χ4n) is 1.10. The van der Waals surface area contributed by atoms with Gasteiger partial charge in [-0.3, -0.25) is 0 Å². The van der Waals surface area contributed by atoms with Crippen LogP contribution in [0.4, 0.5) is 0 Å². The van der Waals surface area contributed by atoms with Gasteiger partial charge < -0.3 is 14.8 Å². The van der Waals surface area contributed by atoms with Gasteiger partial charge in [-0.25, -0.2) is 0 Å². The van der Waals surface area contributed by atoms with Crippen molar-refractivity contribution >= 4 is 17.4 Å². The van der Waals surface area contributed by atoms with Gasteiger partial charge in [0.15, 0.2) is 0 Å². The van der Waals surface area contributed by atoms with Gasteiger partial charge in [0.05, 0.1) is 13.7 Å². The lowest BCUT2D eigenvalue weighted by Crippen LogP contribution is -2.23. The van der Waals surface area contributed by atoms with E-state index in [1.54, 1.807) is 7.11 Å². The number of ether oxygens (including phenoxy) is 2. The topological polar surface area (TPSA) is 30.5 Å². The van der Waals surface area contributed by atoms with Crippen LogP contribution >= 0.6 is 12.2 Å². The summed E-state index contributed by atoms with van der Waals surface area (Å²) in [5, 5.41) is 3.44. The molecule has 0 spiro atoms. The van der Waals surface area contributed by atoms with Crippen LogP contribution in [-0.4, -0.2) is 18.9 Å². The summed E-state index contributed by atoms with van der Waals surface area (Å²) in [6, 6.07) is 7.81. The summed E-state index contributed by atoms with van der Waals surface area (Å²) in [4.78, 5) is 0. The summed E-state index contributed by atoms with van der Waals surface area (Å²) in [5.41, 5.74) is 1.14. The molecule has 0 amide bonds. The molecule has 0 aliphatic heterocycles. The molecule has 0 saturated heterocycles. The Hall–Kier alpha value is -1.29. The van der Waals surface area contributed by atoms with Crippen LogP contribution in [0, 0.1) is 0 Å². The van der Waals surface area contributed by atoms with Crippen molar-refractivity contribution in [3.8, 4) is 5.75 Å². The standard InChI is InChI=1S/C11H15NO2S/c1-3-14-11(15)12-8-9-4-6-10(13-2)7-5-9/h4-7H,3,8H2,1-2H3,(H,12,15). The van der Waals surface area contributed by atoms with Crippen molar-refractivity contribution in [2.75, 3.05) is 13.7 Å². The first-order valence-electron chi connectivity index (χ1n) is 4.79. The van der Waals surface area contributed by atoms with E-state index in [1.165, 1.54) is 0 Å². The van der Waals surface area contributed by atoms with Gasteiger partial charge in [-0.15, -0.1) is 0 Å². The van der Waals surface area contributed by atoms with E-state index in [2.05, 4.69) is 5.32 Å². The van der Waals surface area contributed by atoms with Gasteiger partial charge >= 0.3 is 0 Å². The van der Waals surface area contributed by atoms with Gasteiger partial charge in [-0.1, -0.05) is 12.1 Å². The highest BCUT2D eigenvalue weighted by molar-refractivity contribution is 7.80. The molecule has 1 rings (SSSR count).